The third kappa shape index (κ3) is 4.85. The Labute approximate surface area is 200 Å². The zero-order valence-electron chi connectivity index (χ0n) is 19.3. The van der Waals surface area contributed by atoms with E-state index in [4.69, 9.17) is 9.47 Å². The van der Waals surface area contributed by atoms with Crippen molar-refractivity contribution >= 4 is 17.4 Å². The number of aromatic nitrogens is 4. The van der Waals surface area contributed by atoms with Gasteiger partial charge in [0, 0.05) is 17.5 Å². The summed E-state index contributed by atoms with van der Waals surface area (Å²) < 4.78 is 30.7. The van der Waals surface area contributed by atoms with Crippen molar-refractivity contribution in [1.29, 1.82) is 0 Å². The Morgan fingerprint density at radius 3 is 2.94 bits per heavy atom. The maximum atomic E-state index is 13.9. The Kier molecular flexibility index (Phi) is 7.03. The Morgan fingerprint density at radius 1 is 1.38 bits per heavy atom. The number of hydrogen-bond acceptors (Lipinski definition) is 8. The number of carbonyl (C=O) groups is 1. The van der Waals surface area contributed by atoms with E-state index < -0.39 is 22.9 Å². The molecule has 0 bridgehead atoms. The molecule has 1 aromatic carbocycles. The molecule has 3 aromatic rings. The fraction of sp³-hybridized carbons (Fsp3) is 0.435. The van der Waals surface area contributed by atoms with Crippen molar-refractivity contribution in [2.24, 2.45) is 0 Å². The van der Waals surface area contributed by atoms with Gasteiger partial charge >= 0.3 is 0 Å². The van der Waals surface area contributed by atoms with Gasteiger partial charge in [-0.25, -0.2) is 9.37 Å². The van der Waals surface area contributed by atoms with E-state index in [0.717, 1.165) is 24.4 Å². The third-order valence-electron chi connectivity index (χ3n) is 5.55. The van der Waals surface area contributed by atoms with Crippen LogP contribution >= 0.6 is 11.5 Å². The number of rotatable bonds is 8. The van der Waals surface area contributed by atoms with Crippen LogP contribution in [0, 0.1) is 5.82 Å². The average molecular weight is 488 g/mol. The summed E-state index contributed by atoms with van der Waals surface area (Å²) >= 11 is 1.15. The number of carbonyl (C=O) groups excluding carboxylic acids is 1. The summed E-state index contributed by atoms with van der Waals surface area (Å²) in [6.45, 7) is 6.67. The second-order valence-electron chi connectivity index (χ2n) is 8.41. The predicted molar refractivity (Wildman–Crippen MR) is 124 cm³/mol. The van der Waals surface area contributed by atoms with Crippen molar-refractivity contribution in [1.82, 2.24) is 24.5 Å². The second-order valence-corrected chi connectivity index (χ2v) is 9.01. The highest BCUT2D eigenvalue weighted by molar-refractivity contribution is 7.03. The van der Waals surface area contributed by atoms with Crippen molar-refractivity contribution in [3.05, 3.63) is 56.8 Å². The normalized spacial score (nSPS) is 14.5. The molecule has 0 aliphatic carbocycles. The van der Waals surface area contributed by atoms with Gasteiger partial charge in [-0.2, -0.15) is 0 Å². The van der Waals surface area contributed by atoms with E-state index in [1.165, 1.54) is 16.7 Å². The van der Waals surface area contributed by atoms with Gasteiger partial charge in [-0.1, -0.05) is 23.9 Å². The SMILES string of the molecule is CCCCOc1c(C(=O)NCc2ccc(F)cc2-c2csnn2)nc2n(c1=O)CCOC2(C)C. The quantitative estimate of drug-likeness (QED) is 0.486. The van der Waals surface area contributed by atoms with Gasteiger partial charge in [-0.3, -0.25) is 14.2 Å². The molecule has 0 saturated heterocycles. The number of halogens is 1. The number of nitrogens with zero attached hydrogens (tertiary/aromatic N) is 4. The Bertz CT molecular complexity index is 1240. The number of amides is 1. The molecule has 0 atom stereocenters. The van der Waals surface area contributed by atoms with E-state index in [1.807, 2.05) is 6.92 Å². The molecule has 1 aliphatic rings. The maximum Gasteiger partial charge on any atom is 0.296 e. The van der Waals surface area contributed by atoms with Crippen LogP contribution in [0.3, 0.4) is 0 Å². The third-order valence-corrected chi connectivity index (χ3v) is 6.06. The van der Waals surface area contributed by atoms with Gasteiger partial charge in [-0.15, -0.1) is 5.10 Å². The summed E-state index contributed by atoms with van der Waals surface area (Å²) in [6, 6.07) is 4.24. The zero-order chi connectivity index (χ0) is 24.3. The summed E-state index contributed by atoms with van der Waals surface area (Å²) in [6.07, 6.45) is 1.61. The largest absolute Gasteiger partial charge is 0.486 e. The van der Waals surface area contributed by atoms with E-state index in [9.17, 15) is 14.0 Å². The van der Waals surface area contributed by atoms with Crippen LogP contribution in [0.5, 0.6) is 5.75 Å². The molecule has 0 fully saturated rings. The highest BCUT2D eigenvalue weighted by Gasteiger charge is 2.34. The Hall–Kier alpha value is -3.18. The first-order valence-corrected chi connectivity index (χ1v) is 11.9. The minimum Gasteiger partial charge on any atom is -0.486 e. The van der Waals surface area contributed by atoms with Crippen LogP contribution in [0.2, 0.25) is 0 Å². The van der Waals surface area contributed by atoms with Gasteiger partial charge in [0.05, 0.1) is 19.8 Å². The molecule has 1 amide bonds. The molecule has 180 valence electrons. The lowest BCUT2D eigenvalue weighted by molar-refractivity contribution is -0.0567. The maximum absolute atomic E-state index is 13.9. The van der Waals surface area contributed by atoms with Gasteiger partial charge in [0.1, 0.15) is 22.9 Å². The van der Waals surface area contributed by atoms with Crippen LogP contribution in [0.1, 0.15) is 55.5 Å². The highest BCUT2D eigenvalue weighted by atomic mass is 32.1. The molecule has 1 N–H and O–H groups in total. The number of ether oxygens (including phenoxy) is 2. The van der Waals surface area contributed by atoms with Gasteiger partial charge in [0.2, 0.25) is 5.75 Å². The minimum absolute atomic E-state index is 0.0698. The van der Waals surface area contributed by atoms with Gasteiger partial charge < -0.3 is 14.8 Å². The first kappa shape index (κ1) is 24.0. The summed E-state index contributed by atoms with van der Waals surface area (Å²) in [7, 11) is 0. The number of hydrogen-bond donors (Lipinski definition) is 1. The standard InChI is InChI=1S/C23H26FN5O4S/c1-4-5-9-32-19-18(26-22-23(2,3)33-10-8-29(22)21(19)31)20(30)25-12-14-6-7-15(24)11-16(14)17-13-34-28-27-17/h6-7,11,13H,4-5,8-10,12H2,1-3H3,(H,25,30). The molecule has 2 aromatic heterocycles. The smallest absolute Gasteiger partial charge is 0.296 e. The zero-order valence-corrected chi connectivity index (χ0v) is 20.1. The highest BCUT2D eigenvalue weighted by Crippen LogP contribution is 2.28. The summed E-state index contributed by atoms with van der Waals surface area (Å²) in [5.41, 5.74) is 0.358. The van der Waals surface area contributed by atoms with Crippen LogP contribution < -0.4 is 15.6 Å². The van der Waals surface area contributed by atoms with Gasteiger partial charge in [0.15, 0.2) is 5.69 Å². The van der Waals surface area contributed by atoms with Gasteiger partial charge in [0.25, 0.3) is 11.5 Å². The number of benzene rings is 1. The lowest BCUT2D eigenvalue weighted by Crippen LogP contribution is -2.43. The summed E-state index contributed by atoms with van der Waals surface area (Å²) in [5.74, 6) is -0.695. The van der Waals surface area contributed by atoms with Crippen molar-refractivity contribution in [3.8, 4) is 17.0 Å². The predicted octanol–water partition coefficient (Wildman–Crippen LogP) is 3.28. The molecule has 0 radical (unpaired) electrons. The van der Waals surface area contributed by atoms with Crippen molar-refractivity contribution in [3.63, 3.8) is 0 Å². The fourth-order valence-corrected chi connectivity index (χ4v) is 4.20. The van der Waals surface area contributed by atoms with Crippen LogP contribution in [-0.2, 0) is 23.4 Å². The van der Waals surface area contributed by atoms with Crippen LogP contribution in [0.25, 0.3) is 11.3 Å². The molecule has 11 heteroatoms. The molecular weight excluding hydrogens is 461 g/mol. The summed E-state index contributed by atoms with van der Waals surface area (Å²) in [5, 5.41) is 8.50. The molecule has 0 saturated carbocycles. The topological polar surface area (TPSA) is 108 Å². The van der Waals surface area contributed by atoms with Gasteiger partial charge in [-0.05, 0) is 49.5 Å². The molecule has 0 spiro atoms. The Morgan fingerprint density at radius 2 is 2.21 bits per heavy atom. The first-order chi connectivity index (χ1) is 16.3. The van der Waals surface area contributed by atoms with Crippen LogP contribution in [0.15, 0.2) is 28.4 Å². The van der Waals surface area contributed by atoms with Crippen molar-refractivity contribution in [2.75, 3.05) is 13.2 Å². The van der Waals surface area contributed by atoms with E-state index in [0.29, 0.717) is 42.4 Å². The van der Waals surface area contributed by atoms with E-state index in [1.54, 1.807) is 25.3 Å². The van der Waals surface area contributed by atoms with Crippen molar-refractivity contribution in [2.45, 2.75) is 52.3 Å². The number of fused-ring (bicyclic) bond motifs is 1. The summed E-state index contributed by atoms with van der Waals surface area (Å²) in [4.78, 5) is 31.0. The minimum atomic E-state index is -0.837. The monoisotopic (exact) mass is 487 g/mol. The second kappa shape index (κ2) is 9.98. The molecular formula is C23H26FN5O4S. The molecule has 1 aliphatic heterocycles. The van der Waals surface area contributed by atoms with E-state index >= 15 is 0 Å². The molecule has 9 nitrogen and oxygen atoms in total. The average Bonchev–Trinajstić information content (AvgIpc) is 3.34. The van der Waals surface area contributed by atoms with E-state index in [2.05, 4.69) is 19.9 Å². The first-order valence-electron chi connectivity index (χ1n) is 11.1. The molecule has 3 heterocycles. The van der Waals surface area contributed by atoms with E-state index in [-0.39, 0.29) is 18.0 Å². The lowest BCUT2D eigenvalue weighted by Gasteiger charge is -2.32. The Balaban J connectivity index is 1.67. The van der Waals surface area contributed by atoms with Crippen LogP contribution in [0.4, 0.5) is 4.39 Å². The molecule has 34 heavy (non-hydrogen) atoms. The van der Waals surface area contributed by atoms with Crippen molar-refractivity contribution < 1.29 is 18.7 Å². The fourth-order valence-electron chi connectivity index (χ4n) is 3.75. The lowest BCUT2D eigenvalue weighted by atomic mass is 10.0. The number of nitrogens with one attached hydrogen (secondary N) is 1. The number of unbranched alkanes of at least 4 members (excludes halogenated alkanes) is 1. The molecule has 0 unspecified atom stereocenters. The van der Waals surface area contributed by atoms with Crippen LogP contribution in [-0.4, -0.2) is 38.3 Å². The molecule has 4 rings (SSSR count).